The van der Waals surface area contributed by atoms with Gasteiger partial charge in [-0.05, 0) is 94.0 Å². The number of carboxylic acids is 1. The van der Waals surface area contributed by atoms with E-state index in [1.807, 2.05) is 70.2 Å². The van der Waals surface area contributed by atoms with Gasteiger partial charge in [0.15, 0.2) is 0 Å². The maximum Gasteiger partial charge on any atom is 0.352 e. The highest BCUT2D eigenvalue weighted by atomic mass is 35.5. The van der Waals surface area contributed by atoms with E-state index in [1.54, 1.807) is 28.9 Å². The third kappa shape index (κ3) is 5.58. The van der Waals surface area contributed by atoms with Gasteiger partial charge in [-0.3, -0.25) is 4.79 Å². The van der Waals surface area contributed by atoms with Gasteiger partial charge in [0.1, 0.15) is 23.5 Å². The van der Waals surface area contributed by atoms with E-state index in [4.69, 9.17) is 27.9 Å². The van der Waals surface area contributed by atoms with Crippen molar-refractivity contribution in [1.82, 2.24) is 19.1 Å². The van der Waals surface area contributed by atoms with Crippen LogP contribution in [0.1, 0.15) is 61.9 Å². The molecule has 0 unspecified atom stereocenters. The molecule has 50 heavy (non-hydrogen) atoms. The van der Waals surface area contributed by atoms with Crippen LogP contribution in [-0.2, 0) is 20.0 Å². The van der Waals surface area contributed by atoms with Gasteiger partial charge in [-0.15, -0.1) is 0 Å². The van der Waals surface area contributed by atoms with Crippen LogP contribution in [0.2, 0.25) is 10.0 Å². The third-order valence-electron chi connectivity index (χ3n) is 9.76. The lowest BCUT2D eigenvalue weighted by atomic mass is 9.97. The number of aromatic carboxylic acids is 1. The minimum absolute atomic E-state index is 0.149. The van der Waals surface area contributed by atoms with Gasteiger partial charge in [-0.25, -0.2) is 14.8 Å². The monoisotopic (exact) mass is 709 g/mol. The fourth-order valence-electron chi connectivity index (χ4n) is 7.50. The first-order chi connectivity index (χ1) is 24.0. The van der Waals surface area contributed by atoms with Crippen LogP contribution in [0.3, 0.4) is 0 Å². The van der Waals surface area contributed by atoms with Crippen molar-refractivity contribution >= 4 is 62.6 Å². The Morgan fingerprint density at radius 1 is 0.940 bits per heavy atom. The van der Waals surface area contributed by atoms with E-state index in [0.717, 1.165) is 66.3 Å². The van der Waals surface area contributed by atoms with Crippen molar-refractivity contribution in [3.63, 3.8) is 0 Å². The molecule has 0 radical (unpaired) electrons. The van der Waals surface area contributed by atoms with E-state index in [0.29, 0.717) is 60.9 Å². The Hall–Kier alpha value is -4.86. The van der Waals surface area contributed by atoms with Crippen LogP contribution < -0.4 is 9.64 Å². The van der Waals surface area contributed by atoms with Gasteiger partial charge in [0.25, 0.3) is 5.91 Å². The minimum atomic E-state index is -1.02. The Morgan fingerprint density at radius 2 is 1.66 bits per heavy atom. The van der Waals surface area contributed by atoms with Gasteiger partial charge < -0.3 is 23.9 Å². The van der Waals surface area contributed by atoms with E-state index >= 15 is 4.79 Å². The summed E-state index contributed by atoms with van der Waals surface area (Å²) in [6.07, 6.45) is 3.45. The first-order valence-corrected chi connectivity index (χ1v) is 17.4. The predicted molar refractivity (Wildman–Crippen MR) is 198 cm³/mol. The van der Waals surface area contributed by atoms with Crippen LogP contribution in [0.4, 0.5) is 5.69 Å². The number of aryl methyl sites for hydroxylation is 7. The quantitative estimate of drug-likeness (QED) is 0.158. The van der Waals surface area contributed by atoms with Crippen molar-refractivity contribution in [3.05, 3.63) is 104 Å². The second kappa shape index (κ2) is 13.1. The van der Waals surface area contributed by atoms with E-state index in [2.05, 4.69) is 14.5 Å². The summed E-state index contributed by atoms with van der Waals surface area (Å²) in [4.78, 5) is 37.9. The maximum atomic E-state index is 15.0. The molecule has 0 bridgehead atoms. The average Bonchev–Trinajstić information content (AvgIpc) is 3.52. The van der Waals surface area contributed by atoms with Crippen LogP contribution in [0.25, 0.3) is 32.9 Å². The second-order valence-corrected chi connectivity index (χ2v) is 13.7. The van der Waals surface area contributed by atoms with Gasteiger partial charge in [0, 0.05) is 58.4 Å². The summed E-state index contributed by atoms with van der Waals surface area (Å²) in [6.45, 7) is 9.29. The number of nitrogens with zero attached hydrogens (tertiary/aromatic N) is 5. The number of carboxylic acid groups (broad SMARTS) is 1. The Bertz CT molecular complexity index is 2320. The van der Waals surface area contributed by atoms with E-state index in [1.165, 1.54) is 0 Å². The number of fused-ring (bicyclic) bond motifs is 4. The van der Waals surface area contributed by atoms with Crippen molar-refractivity contribution in [2.45, 2.75) is 53.5 Å². The topological polar surface area (TPSA) is 102 Å². The molecular weight excluding hydrogens is 673 g/mol. The molecule has 3 aromatic heterocycles. The number of ether oxygens (including phenoxy) is 1. The first kappa shape index (κ1) is 33.6. The number of amides is 1. The summed E-state index contributed by atoms with van der Waals surface area (Å²) in [5.41, 5.74) is 9.11. The molecule has 0 atom stereocenters. The van der Waals surface area contributed by atoms with Gasteiger partial charge in [0.2, 0.25) is 0 Å². The van der Waals surface area contributed by atoms with Crippen molar-refractivity contribution in [3.8, 4) is 16.9 Å². The maximum absolute atomic E-state index is 15.0. The van der Waals surface area contributed by atoms with E-state index < -0.39 is 5.97 Å². The number of aromatic nitrogens is 4. The summed E-state index contributed by atoms with van der Waals surface area (Å²) in [5, 5.41) is 12.9. The molecule has 1 aliphatic heterocycles. The Morgan fingerprint density at radius 3 is 2.36 bits per heavy atom. The Labute approximate surface area is 300 Å². The normalized spacial score (nSPS) is 13.3. The first-order valence-electron chi connectivity index (χ1n) is 16.6. The molecule has 0 saturated heterocycles. The molecule has 9 nitrogen and oxygen atoms in total. The zero-order chi connectivity index (χ0) is 35.4. The summed E-state index contributed by atoms with van der Waals surface area (Å²) in [7, 11) is 1.73. The molecule has 0 fully saturated rings. The molecule has 0 saturated carbocycles. The highest BCUT2D eigenvalue weighted by molar-refractivity contribution is 6.35. The zero-order valence-electron chi connectivity index (χ0n) is 28.6. The predicted octanol–water partition coefficient (Wildman–Crippen LogP) is 8.89. The lowest BCUT2D eigenvalue weighted by Crippen LogP contribution is -2.32. The highest BCUT2D eigenvalue weighted by Gasteiger charge is 2.33. The van der Waals surface area contributed by atoms with Gasteiger partial charge in [-0.1, -0.05) is 41.4 Å². The molecule has 0 spiro atoms. The minimum Gasteiger partial charge on any atom is -0.494 e. The molecule has 3 aromatic carbocycles. The van der Waals surface area contributed by atoms with E-state index in [9.17, 15) is 9.90 Å². The number of carbonyl (C=O) groups is 2. The van der Waals surface area contributed by atoms with Crippen LogP contribution >= 0.6 is 23.2 Å². The number of halogens is 2. The number of rotatable bonds is 8. The summed E-state index contributed by atoms with van der Waals surface area (Å²) in [6, 6.07) is 15.1. The smallest absolute Gasteiger partial charge is 0.352 e. The van der Waals surface area contributed by atoms with E-state index in [-0.39, 0.29) is 11.6 Å². The lowest BCUT2D eigenvalue weighted by molar-refractivity contribution is 0.0687. The third-order valence-corrected chi connectivity index (χ3v) is 10.7. The SMILES string of the molecule is Cc1cc(OCCCc2c3n(c4c(-c5c(C)ncnc5C)c(Cl)ccc24)CCCN(c2cccc4cc(C(=O)O)n(C)c24)C3=O)cc(C)c1Cl. The fraction of sp³-hybridized carbons (Fsp3) is 0.282. The molecule has 4 heterocycles. The van der Waals surface area contributed by atoms with Gasteiger partial charge in [-0.2, -0.15) is 0 Å². The van der Waals surface area contributed by atoms with Gasteiger partial charge >= 0.3 is 5.97 Å². The Kier molecular flexibility index (Phi) is 8.82. The molecule has 6 aromatic rings. The fourth-order valence-corrected chi connectivity index (χ4v) is 7.86. The number of para-hydroxylation sites is 1. The van der Waals surface area contributed by atoms with Crippen LogP contribution in [0.15, 0.2) is 54.9 Å². The van der Waals surface area contributed by atoms with Crippen molar-refractivity contribution in [1.29, 1.82) is 0 Å². The molecule has 0 aliphatic carbocycles. The summed E-state index contributed by atoms with van der Waals surface area (Å²) < 4.78 is 9.97. The average molecular weight is 711 g/mol. The number of hydrogen-bond acceptors (Lipinski definition) is 5. The van der Waals surface area contributed by atoms with Crippen molar-refractivity contribution in [2.75, 3.05) is 18.1 Å². The molecule has 1 aliphatic rings. The van der Waals surface area contributed by atoms with Gasteiger partial charge in [0.05, 0.1) is 28.4 Å². The van der Waals surface area contributed by atoms with Crippen molar-refractivity contribution < 1.29 is 19.4 Å². The van der Waals surface area contributed by atoms with Crippen LogP contribution in [-0.4, -0.2) is 49.2 Å². The number of anilines is 1. The molecular formula is C39H37Cl2N5O4. The summed E-state index contributed by atoms with van der Waals surface area (Å²) in [5.74, 6) is -0.415. The molecule has 7 rings (SSSR count). The number of benzene rings is 3. The lowest BCUT2D eigenvalue weighted by Gasteiger charge is -2.23. The molecule has 1 amide bonds. The molecule has 256 valence electrons. The zero-order valence-corrected chi connectivity index (χ0v) is 30.1. The molecule has 1 N–H and O–H groups in total. The molecule has 11 heteroatoms. The number of hydrogen-bond donors (Lipinski definition) is 1. The van der Waals surface area contributed by atoms with Crippen molar-refractivity contribution in [2.24, 2.45) is 7.05 Å². The largest absolute Gasteiger partial charge is 0.494 e. The van der Waals surface area contributed by atoms with Crippen LogP contribution in [0, 0.1) is 27.7 Å². The highest BCUT2D eigenvalue weighted by Crippen LogP contribution is 2.43. The summed E-state index contributed by atoms with van der Waals surface area (Å²) >= 11 is 13.4. The second-order valence-electron chi connectivity index (χ2n) is 13.0. The number of carbonyl (C=O) groups excluding carboxylic acids is 1. The van der Waals surface area contributed by atoms with Crippen LogP contribution in [0.5, 0.6) is 5.75 Å². The Balaban J connectivity index is 1.38. The standard InChI is InChI=1S/C39H37Cl2N5O4/c1-21-17-26(18-22(2)34(21)41)50-16-7-10-27-28-12-13-29(40)33(32-23(3)42-20-43-24(32)4)36(28)46-15-8-14-45(38(47)37(27)46)30-11-6-9-25-19-31(39(48)49)44(5)35(25)30/h6,9,11-13,17-20H,7-8,10,14-16H2,1-5H3,(H,48,49).